The predicted octanol–water partition coefficient (Wildman–Crippen LogP) is 2.75. The summed E-state index contributed by atoms with van der Waals surface area (Å²) in [5, 5.41) is 17.8. The Kier molecular flexibility index (Phi) is 2.71. The molecule has 0 radical (unpaired) electrons. The monoisotopic (exact) mass is 252 g/mol. The molecular formula is C13H8N4S. The van der Waals surface area contributed by atoms with Gasteiger partial charge in [-0.05, 0) is 48.2 Å². The van der Waals surface area contributed by atoms with Crippen LogP contribution in [0.25, 0.3) is 5.65 Å². The molecule has 0 fully saturated rings. The highest BCUT2D eigenvalue weighted by Gasteiger charge is 2.06. The average molecular weight is 252 g/mol. The summed E-state index contributed by atoms with van der Waals surface area (Å²) in [4.78, 5) is 1.03. The number of nitrogens with zero attached hydrogens (tertiary/aromatic N) is 4. The number of pyridine rings is 1. The molecule has 0 unspecified atom stereocenters. The third-order valence-corrected chi connectivity index (χ3v) is 3.44. The number of hydrogen-bond acceptors (Lipinski definition) is 4. The van der Waals surface area contributed by atoms with Gasteiger partial charge in [-0.15, -0.1) is 10.2 Å². The van der Waals surface area contributed by atoms with Gasteiger partial charge in [0.1, 0.15) is 0 Å². The molecule has 1 aromatic carbocycles. The molecule has 0 saturated carbocycles. The Morgan fingerprint density at radius 1 is 1.06 bits per heavy atom. The van der Waals surface area contributed by atoms with Crippen LogP contribution in [-0.4, -0.2) is 14.6 Å². The first kappa shape index (κ1) is 10.8. The second kappa shape index (κ2) is 4.51. The minimum absolute atomic E-state index is 0.658. The minimum atomic E-state index is 0.658. The van der Waals surface area contributed by atoms with Crippen molar-refractivity contribution in [2.24, 2.45) is 0 Å². The van der Waals surface area contributed by atoms with E-state index in [0.717, 1.165) is 15.7 Å². The van der Waals surface area contributed by atoms with E-state index >= 15 is 0 Å². The maximum absolute atomic E-state index is 8.74. The van der Waals surface area contributed by atoms with Crippen LogP contribution in [-0.2, 0) is 0 Å². The Hall–Kier alpha value is -2.32. The van der Waals surface area contributed by atoms with Crippen molar-refractivity contribution < 1.29 is 0 Å². The molecule has 3 aromatic rings. The summed E-state index contributed by atoms with van der Waals surface area (Å²) in [6.45, 7) is 0. The normalized spacial score (nSPS) is 10.4. The second-order valence-electron chi connectivity index (χ2n) is 3.65. The Morgan fingerprint density at radius 2 is 1.89 bits per heavy atom. The van der Waals surface area contributed by atoms with E-state index in [1.807, 2.05) is 40.9 Å². The lowest BCUT2D eigenvalue weighted by Gasteiger charge is -1.99. The largest absolute Gasteiger partial charge is 0.277 e. The zero-order valence-corrected chi connectivity index (χ0v) is 10.1. The molecule has 0 amide bonds. The van der Waals surface area contributed by atoms with Gasteiger partial charge < -0.3 is 0 Å². The molecule has 0 atom stereocenters. The lowest BCUT2D eigenvalue weighted by molar-refractivity contribution is 0.921. The van der Waals surface area contributed by atoms with E-state index in [2.05, 4.69) is 16.3 Å². The molecule has 0 N–H and O–H groups in total. The highest BCUT2D eigenvalue weighted by atomic mass is 32.2. The third kappa shape index (κ3) is 1.94. The van der Waals surface area contributed by atoms with E-state index in [1.54, 1.807) is 12.1 Å². The zero-order valence-electron chi connectivity index (χ0n) is 9.32. The lowest BCUT2D eigenvalue weighted by atomic mass is 10.2. The number of fused-ring (bicyclic) bond motifs is 1. The third-order valence-electron chi connectivity index (χ3n) is 2.48. The lowest BCUT2D eigenvalue weighted by Crippen LogP contribution is -1.85. The standard InChI is InChI=1S/C13H8N4S/c14-9-10-4-6-11(7-5-10)18-13-16-15-12-3-1-2-8-17(12)13/h1-8H. The highest BCUT2D eigenvalue weighted by molar-refractivity contribution is 7.99. The van der Waals surface area contributed by atoms with E-state index in [0.29, 0.717) is 5.56 Å². The second-order valence-corrected chi connectivity index (χ2v) is 4.69. The van der Waals surface area contributed by atoms with Gasteiger partial charge in [0.05, 0.1) is 11.6 Å². The molecule has 0 aliphatic carbocycles. The maximum atomic E-state index is 8.74. The summed E-state index contributed by atoms with van der Waals surface area (Å²) in [5.74, 6) is 0. The van der Waals surface area contributed by atoms with Crippen molar-refractivity contribution in [2.45, 2.75) is 10.1 Å². The Labute approximate surface area is 108 Å². The first-order valence-corrected chi connectivity index (χ1v) is 6.16. The van der Waals surface area contributed by atoms with E-state index in [-0.39, 0.29) is 0 Å². The van der Waals surface area contributed by atoms with Crippen LogP contribution in [0.1, 0.15) is 5.56 Å². The Bertz CT molecular complexity index is 725. The molecule has 5 heteroatoms. The van der Waals surface area contributed by atoms with Crippen molar-refractivity contribution in [1.29, 1.82) is 5.26 Å². The minimum Gasteiger partial charge on any atom is -0.277 e. The molecular weight excluding hydrogens is 244 g/mol. The number of rotatable bonds is 2. The summed E-state index contributed by atoms with van der Waals surface area (Å²) in [6, 6.07) is 15.3. The molecule has 86 valence electrons. The summed E-state index contributed by atoms with van der Waals surface area (Å²) in [7, 11) is 0. The fourth-order valence-corrected chi connectivity index (χ4v) is 2.41. The quantitative estimate of drug-likeness (QED) is 0.703. The topological polar surface area (TPSA) is 54.0 Å². The van der Waals surface area contributed by atoms with Gasteiger partial charge in [0, 0.05) is 11.1 Å². The summed E-state index contributed by atoms with van der Waals surface area (Å²) < 4.78 is 1.93. The fourth-order valence-electron chi connectivity index (χ4n) is 1.59. The van der Waals surface area contributed by atoms with Crippen LogP contribution >= 0.6 is 11.8 Å². The molecule has 0 aliphatic rings. The zero-order chi connectivity index (χ0) is 12.4. The van der Waals surface area contributed by atoms with Crippen molar-refractivity contribution >= 4 is 17.4 Å². The van der Waals surface area contributed by atoms with Gasteiger partial charge in [-0.25, -0.2) is 0 Å². The van der Waals surface area contributed by atoms with Gasteiger partial charge >= 0.3 is 0 Å². The van der Waals surface area contributed by atoms with Crippen molar-refractivity contribution in [2.75, 3.05) is 0 Å². The SMILES string of the molecule is N#Cc1ccc(Sc2nnc3ccccn23)cc1. The van der Waals surface area contributed by atoms with Crippen LogP contribution in [0.2, 0.25) is 0 Å². The number of benzene rings is 1. The van der Waals surface area contributed by atoms with Gasteiger partial charge in [-0.2, -0.15) is 5.26 Å². The molecule has 0 aliphatic heterocycles. The molecule has 0 bridgehead atoms. The van der Waals surface area contributed by atoms with Crippen LogP contribution in [0.15, 0.2) is 58.7 Å². The van der Waals surface area contributed by atoms with E-state index < -0.39 is 0 Å². The van der Waals surface area contributed by atoms with Crippen LogP contribution in [0.5, 0.6) is 0 Å². The molecule has 4 nitrogen and oxygen atoms in total. The molecule has 2 heterocycles. The first-order valence-electron chi connectivity index (χ1n) is 5.34. The van der Waals surface area contributed by atoms with Gasteiger partial charge in [-0.3, -0.25) is 4.40 Å². The van der Waals surface area contributed by atoms with E-state index in [9.17, 15) is 0 Å². The van der Waals surface area contributed by atoms with Gasteiger partial charge in [-0.1, -0.05) is 6.07 Å². The van der Waals surface area contributed by atoms with E-state index in [4.69, 9.17) is 5.26 Å². The van der Waals surface area contributed by atoms with Gasteiger partial charge in [0.25, 0.3) is 0 Å². The van der Waals surface area contributed by atoms with Crippen molar-refractivity contribution in [1.82, 2.24) is 14.6 Å². The Balaban J connectivity index is 1.94. The summed E-state index contributed by atoms with van der Waals surface area (Å²) in [5.41, 5.74) is 1.49. The fraction of sp³-hybridized carbons (Fsp3) is 0. The van der Waals surface area contributed by atoms with Gasteiger partial charge in [0.2, 0.25) is 0 Å². The summed E-state index contributed by atoms with van der Waals surface area (Å²) in [6.07, 6.45) is 1.93. The maximum Gasteiger partial charge on any atom is 0.200 e. The first-order chi connectivity index (χ1) is 8.86. The number of hydrogen-bond donors (Lipinski definition) is 0. The number of nitriles is 1. The molecule has 2 aromatic heterocycles. The molecule has 3 rings (SSSR count). The molecule has 18 heavy (non-hydrogen) atoms. The molecule has 0 saturated heterocycles. The van der Waals surface area contributed by atoms with Crippen molar-refractivity contribution in [3.63, 3.8) is 0 Å². The average Bonchev–Trinajstić information content (AvgIpc) is 2.83. The highest BCUT2D eigenvalue weighted by Crippen LogP contribution is 2.26. The molecule has 0 spiro atoms. The predicted molar refractivity (Wildman–Crippen MR) is 68.3 cm³/mol. The summed E-state index contributed by atoms with van der Waals surface area (Å²) >= 11 is 1.52. The van der Waals surface area contributed by atoms with Crippen LogP contribution in [0, 0.1) is 11.3 Å². The van der Waals surface area contributed by atoms with Crippen LogP contribution in [0.4, 0.5) is 0 Å². The van der Waals surface area contributed by atoms with Crippen molar-refractivity contribution in [3.05, 3.63) is 54.2 Å². The Morgan fingerprint density at radius 3 is 2.67 bits per heavy atom. The van der Waals surface area contributed by atoms with Gasteiger partial charge in [0.15, 0.2) is 10.8 Å². The van der Waals surface area contributed by atoms with Crippen LogP contribution in [0.3, 0.4) is 0 Å². The van der Waals surface area contributed by atoms with Crippen molar-refractivity contribution in [3.8, 4) is 6.07 Å². The number of aromatic nitrogens is 3. The van der Waals surface area contributed by atoms with E-state index in [1.165, 1.54) is 11.8 Å². The van der Waals surface area contributed by atoms with Crippen LogP contribution < -0.4 is 0 Å². The smallest absolute Gasteiger partial charge is 0.200 e.